The molecule has 2 N–H and O–H groups in total. The quantitative estimate of drug-likeness (QED) is 0.589. The maximum atomic E-state index is 13.0. The molecule has 1 amide bonds. The highest BCUT2D eigenvalue weighted by Gasteiger charge is 2.30. The third-order valence-electron chi connectivity index (χ3n) is 6.24. The molecular formula is C26H33N3O5S. The molecule has 2 aliphatic rings. The van der Waals surface area contributed by atoms with E-state index in [1.165, 1.54) is 10.4 Å². The summed E-state index contributed by atoms with van der Waals surface area (Å²) in [7, 11) is 0. The number of carboxylic acids is 2. The van der Waals surface area contributed by atoms with E-state index in [0.717, 1.165) is 65.2 Å². The van der Waals surface area contributed by atoms with Crippen molar-refractivity contribution >= 4 is 35.3 Å². The van der Waals surface area contributed by atoms with Crippen molar-refractivity contribution < 1.29 is 24.6 Å². The molecule has 3 heterocycles. The topological polar surface area (TPSA) is 101 Å². The van der Waals surface area contributed by atoms with Crippen molar-refractivity contribution in [3.8, 4) is 0 Å². The van der Waals surface area contributed by atoms with Gasteiger partial charge in [0.2, 0.25) is 5.91 Å². The Morgan fingerprint density at radius 3 is 2.09 bits per heavy atom. The van der Waals surface area contributed by atoms with Crippen LogP contribution >= 0.6 is 11.3 Å². The van der Waals surface area contributed by atoms with E-state index in [2.05, 4.69) is 68.6 Å². The molecule has 0 unspecified atom stereocenters. The van der Waals surface area contributed by atoms with E-state index in [4.69, 9.17) is 19.8 Å². The largest absolute Gasteiger partial charge is 0.473 e. The van der Waals surface area contributed by atoms with Crippen LogP contribution < -0.4 is 0 Å². The molecule has 1 aromatic carbocycles. The van der Waals surface area contributed by atoms with Gasteiger partial charge in [0, 0.05) is 50.1 Å². The third kappa shape index (κ3) is 8.93. The van der Waals surface area contributed by atoms with Crippen LogP contribution in [0.1, 0.15) is 23.3 Å². The van der Waals surface area contributed by atoms with Crippen LogP contribution in [0, 0.1) is 5.92 Å². The van der Waals surface area contributed by atoms with Crippen LogP contribution in [0.15, 0.2) is 53.9 Å². The number of carbonyl (C=O) groups is 3. The standard InChI is InChI=1S/C24H31N3OS.C2H2O4/c28-24(22-10-13-26(14-11-22)20-23-9-5-19-29-23)27-17-15-25(16-18-27)12-4-8-21-6-2-1-3-7-21;3-1(4)2(5)6/h1-9,19,22H,10-18,20H2;(H,3,4)(H,5,6). The number of amides is 1. The molecule has 4 rings (SSSR count). The summed E-state index contributed by atoms with van der Waals surface area (Å²) >= 11 is 1.82. The van der Waals surface area contributed by atoms with Gasteiger partial charge in [0.25, 0.3) is 0 Å². The predicted molar refractivity (Wildman–Crippen MR) is 136 cm³/mol. The lowest BCUT2D eigenvalue weighted by Gasteiger charge is -2.38. The number of piperidine rings is 1. The fraction of sp³-hybridized carbons (Fsp3) is 0.423. The average Bonchev–Trinajstić information content (AvgIpc) is 3.39. The Balaban J connectivity index is 0.000000509. The first-order valence-electron chi connectivity index (χ1n) is 11.9. The van der Waals surface area contributed by atoms with Gasteiger partial charge in [0.05, 0.1) is 0 Å². The Morgan fingerprint density at radius 1 is 0.857 bits per heavy atom. The zero-order valence-corrected chi connectivity index (χ0v) is 20.6. The monoisotopic (exact) mass is 499 g/mol. The SMILES string of the molecule is O=C(C1CCN(Cc2cccs2)CC1)N1CCN(CC=Cc2ccccc2)CC1.O=C(O)C(=O)O. The molecule has 0 saturated carbocycles. The molecule has 1 aromatic heterocycles. The van der Waals surface area contributed by atoms with E-state index in [-0.39, 0.29) is 5.92 Å². The van der Waals surface area contributed by atoms with Gasteiger partial charge in [-0.05, 0) is 42.9 Å². The molecule has 35 heavy (non-hydrogen) atoms. The minimum atomic E-state index is -1.82. The van der Waals surface area contributed by atoms with E-state index < -0.39 is 11.9 Å². The number of carbonyl (C=O) groups excluding carboxylic acids is 1. The molecule has 2 aromatic rings. The zero-order chi connectivity index (χ0) is 25.0. The Morgan fingerprint density at radius 2 is 1.51 bits per heavy atom. The maximum absolute atomic E-state index is 13.0. The summed E-state index contributed by atoms with van der Waals surface area (Å²) in [5, 5.41) is 16.9. The number of rotatable bonds is 6. The molecule has 0 aliphatic carbocycles. The second-order valence-electron chi connectivity index (χ2n) is 8.68. The molecule has 0 bridgehead atoms. The third-order valence-corrected chi connectivity index (χ3v) is 7.10. The smallest absolute Gasteiger partial charge is 0.414 e. The van der Waals surface area contributed by atoms with Crippen LogP contribution in [0.3, 0.4) is 0 Å². The van der Waals surface area contributed by atoms with Gasteiger partial charge in [-0.25, -0.2) is 9.59 Å². The molecule has 0 spiro atoms. The van der Waals surface area contributed by atoms with Crippen molar-refractivity contribution in [2.24, 2.45) is 5.92 Å². The summed E-state index contributed by atoms with van der Waals surface area (Å²) in [6.07, 6.45) is 6.42. The van der Waals surface area contributed by atoms with Gasteiger partial charge in [-0.1, -0.05) is 48.6 Å². The van der Waals surface area contributed by atoms with E-state index >= 15 is 0 Å². The maximum Gasteiger partial charge on any atom is 0.414 e. The minimum absolute atomic E-state index is 0.221. The van der Waals surface area contributed by atoms with Gasteiger partial charge in [-0.2, -0.15) is 0 Å². The number of nitrogens with zero attached hydrogens (tertiary/aromatic N) is 3. The summed E-state index contributed by atoms with van der Waals surface area (Å²) in [6.45, 7) is 7.76. The molecule has 2 fully saturated rings. The zero-order valence-electron chi connectivity index (χ0n) is 19.8. The summed E-state index contributed by atoms with van der Waals surface area (Å²) < 4.78 is 0. The van der Waals surface area contributed by atoms with Gasteiger partial charge in [-0.15, -0.1) is 11.3 Å². The molecule has 2 aliphatic heterocycles. The summed E-state index contributed by atoms with van der Waals surface area (Å²) in [4.78, 5) is 39.6. The number of likely N-dealkylation sites (tertiary alicyclic amines) is 1. The van der Waals surface area contributed by atoms with Gasteiger partial charge < -0.3 is 15.1 Å². The normalized spacial score (nSPS) is 17.7. The lowest BCUT2D eigenvalue weighted by molar-refractivity contribution is -0.159. The fourth-order valence-corrected chi connectivity index (χ4v) is 5.02. The molecule has 188 valence electrons. The molecule has 8 nitrogen and oxygen atoms in total. The van der Waals surface area contributed by atoms with Crippen LogP contribution in [0.25, 0.3) is 6.08 Å². The van der Waals surface area contributed by atoms with Crippen LogP contribution in [-0.2, 0) is 20.9 Å². The van der Waals surface area contributed by atoms with Crippen molar-refractivity contribution in [1.29, 1.82) is 0 Å². The Hall–Kier alpha value is -3.01. The van der Waals surface area contributed by atoms with Gasteiger partial charge in [0.1, 0.15) is 0 Å². The second-order valence-corrected chi connectivity index (χ2v) is 9.71. The Bertz CT molecular complexity index is 952. The highest BCUT2D eigenvalue weighted by atomic mass is 32.1. The van der Waals surface area contributed by atoms with Crippen molar-refractivity contribution in [2.45, 2.75) is 19.4 Å². The number of carboxylic acid groups (broad SMARTS) is 2. The number of hydrogen-bond donors (Lipinski definition) is 2. The number of piperazine rings is 1. The van der Waals surface area contributed by atoms with Crippen LogP contribution in [0.2, 0.25) is 0 Å². The first kappa shape index (κ1) is 26.6. The first-order valence-corrected chi connectivity index (χ1v) is 12.7. The number of thiophene rings is 1. The molecule has 9 heteroatoms. The predicted octanol–water partition coefficient (Wildman–Crippen LogP) is 2.97. The van der Waals surface area contributed by atoms with E-state index in [9.17, 15) is 4.79 Å². The lowest BCUT2D eigenvalue weighted by Crippen LogP contribution is -2.51. The summed E-state index contributed by atoms with van der Waals surface area (Å²) in [5.74, 6) is -3.04. The van der Waals surface area contributed by atoms with E-state index in [1.807, 2.05) is 17.4 Å². The Kier molecular flexibility index (Phi) is 10.5. The average molecular weight is 500 g/mol. The minimum Gasteiger partial charge on any atom is -0.473 e. The van der Waals surface area contributed by atoms with Crippen LogP contribution in [0.4, 0.5) is 0 Å². The van der Waals surface area contributed by atoms with Crippen molar-refractivity contribution in [3.63, 3.8) is 0 Å². The van der Waals surface area contributed by atoms with Gasteiger partial charge in [-0.3, -0.25) is 14.6 Å². The van der Waals surface area contributed by atoms with E-state index in [1.54, 1.807) is 0 Å². The van der Waals surface area contributed by atoms with Crippen molar-refractivity contribution in [2.75, 3.05) is 45.8 Å². The number of benzene rings is 1. The summed E-state index contributed by atoms with van der Waals surface area (Å²) in [5.41, 5.74) is 1.24. The van der Waals surface area contributed by atoms with E-state index in [0.29, 0.717) is 5.91 Å². The molecule has 0 atom stereocenters. The van der Waals surface area contributed by atoms with Crippen LogP contribution in [0.5, 0.6) is 0 Å². The van der Waals surface area contributed by atoms with Gasteiger partial charge in [0.15, 0.2) is 0 Å². The lowest BCUT2D eigenvalue weighted by atomic mass is 9.95. The van der Waals surface area contributed by atoms with Crippen molar-refractivity contribution in [3.05, 3.63) is 64.4 Å². The summed E-state index contributed by atoms with van der Waals surface area (Å²) in [6, 6.07) is 14.7. The highest BCUT2D eigenvalue weighted by molar-refractivity contribution is 7.09. The second kappa shape index (κ2) is 13.8. The first-order chi connectivity index (χ1) is 16.9. The Labute approximate surface area is 210 Å². The molecule has 0 radical (unpaired) electrons. The highest BCUT2D eigenvalue weighted by Crippen LogP contribution is 2.23. The molecular weight excluding hydrogens is 466 g/mol. The molecule has 2 saturated heterocycles. The number of hydrogen-bond acceptors (Lipinski definition) is 6. The fourth-order valence-electron chi connectivity index (χ4n) is 4.27. The van der Waals surface area contributed by atoms with Gasteiger partial charge >= 0.3 is 11.9 Å². The van der Waals surface area contributed by atoms with Crippen LogP contribution in [-0.4, -0.2) is 88.6 Å². The van der Waals surface area contributed by atoms with Crippen molar-refractivity contribution in [1.82, 2.24) is 14.7 Å². The number of aliphatic carboxylic acids is 2.